The molecule has 1 N–H and O–H groups in total. The molecule has 1 heterocycles. The third-order valence-electron chi connectivity index (χ3n) is 6.50. The van der Waals surface area contributed by atoms with Crippen molar-refractivity contribution in [1.29, 1.82) is 0 Å². The predicted molar refractivity (Wildman–Crippen MR) is 136 cm³/mol. The molecule has 0 aromatic heterocycles. The lowest BCUT2D eigenvalue weighted by atomic mass is 9.92. The molecule has 1 aliphatic rings. The number of Topliss-reactive ketones (excluding diaryl/α,β-unsaturated/α-hetero) is 1. The topological polar surface area (TPSA) is 76.1 Å². The Morgan fingerprint density at radius 3 is 2.20 bits per heavy atom. The van der Waals surface area contributed by atoms with Crippen LogP contribution in [0.25, 0.3) is 5.76 Å². The minimum absolute atomic E-state index is 0.0201. The SMILES string of the molecule is CCc1ccc(N2C(=O)C(=O)/C(=C(/O)c3cc(C)c(OC)cc3C)C2c2ccccc2OC)cc1. The van der Waals surface area contributed by atoms with Crippen LogP contribution in [-0.2, 0) is 16.0 Å². The summed E-state index contributed by atoms with van der Waals surface area (Å²) in [5, 5.41) is 11.5. The quantitative estimate of drug-likeness (QED) is 0.291. The van der Waals surface area contributed by atoms with Crippen LogP contribution in [0.1, 0.15) is 40.8 Å². The van der Waals surface area contributed by atoms with Crippen molar-refractivity contribution in [2.24, 2.45) is 0 Å². The van der Waals surface area contributed by atoms with E-state index in [1.54, 1.807) is 19.2 Å². The maximum atomic E-state index is 13.5. The van der Waals surface area contributed by atoms with Gasteiger partial charge in [0.15, 0.2) is 0 Å². The average Bonchev–Trinajstić information content (AvgIpc) is 3.14. The number of ether oxygens (including phenoxy) is 2. The summed E-state index contributed by atoms with van der Waals surface area (Å²) in [6.07, 6.45) is 0.852. The van der Waals surface area contributed by atoms with E-state index in [2.05, 4.69) is 6.92 Å². The fraction of sp³-hybridized carbons (Fsp3) is 0.241. The zero-order valence-electron chi connectivity index (χ0n) is 20.6. The number of methoxy groups -OCH3 is 2. The molecule has 0 spiro atoms. The van der Waals surface area contributed by atoms with Crippen LogP contribution in [0.5, 0.6) is 11.5 Å². The Hall–Kier alpha value is -4.06. The number of carbonyl (C=O) groups is 2. The Labute approximate surface area is 205 Å². The number of rotatable bonds is 6. The molecule has 6 heteroatoms. The molecule has 1 fully saturated rings. The van der Waals surface area contributed by atoms with Crippen LogP contribution in [0.15, 0.2) is 66.2 Å². The van der Waals surface area contributed by atoms with Gasteiger partial charge in [-0.3, -0.25) is 14.5 Å². The van der Waals surface area contributed by atoms with Gasteiger partial charge in [0.05, 0.1) is 25.8 Å². The highest BCUT2D eigenvalue weighted by Crippen LogP contribution is 2.45. The van der Waals surface area contributed by atoms with Crippen LogP contribution in [0.2, 0.25) is 0 Å². The number of hydrogen-bond acceptors (Lipinski definition) is 5. The summed E-state index contributed by atoms with van der Waals surface area (Å²) in [7, 11) is 3.12. The van der Waals surface area contributed by atoms with Gasteiger partial charge in [0, 0.05) is 16.8 Å². The number of aliphatic hydroxyl groups is 1. The van der Waals surface area contributed by atoms with E-state index in [4.69, 9.17) is 9.47 Å². The molecular weight excluding hydrogens is 442 g/mol. The summed E-state index contributed by atoms with van der Waals surface area (Å²) >= 11 is 0. The van der Waals surface area contributed by atoms with E-state index in [1.807, 2.05) is 62.4 Å². The molecule has 1 atom stereocenters. The van der Waals surface area contributed by atoms with Crippen molar-refractivity contribution in [3.8, 4) is 11.5 Å². The molecule has 0 radical (unpaired) electrons. The van der Waals surface area contributed by atoms with Gasteiger partial charge in [0.2, 0.25) is 0 Å². The van der Waals surface area contributed by atoms with Crippen molar-refractivity contribution in [3.05, 3.63) is 94.1 Å². The number of para-hydroxylation sites is 1. The summed E-state index contributed by atoms with van der Waals surface area (Å²) in [6.45, 7) is 5.74. The molecule has 1 unspecified atom stereocenters. The number of amides is 1. The number of hydrogen-bond donors (Lipinski definition) is 1. The van der Waals surface area contributed by atoms with Crippen LogP contribution >= 0.6 is 0 Å². The monoisotopic (exact) mass is 471 g/mol. The highest BCUT2D eigenvalue weighted by molar-refractivity contribution is 6.51. The van der Waals surface area contributed by atoms with Crippen molar-refractivity contribution in [2.45, 2.75) is 33.2 Å². The summed E-state index contributed by atoms with van der Waals surface area (Å²) in [5.41, 5.74) is 4.32. The standard InChI is InChI=1S/C29H29NO5/c1-6-19-11-13-20(14-12-19)30-26(21-9-7-8-10-23(21)34-4)25(28(32)29(30)33)27(31)22-15-18(3)24(35-5)16-17(22)2/h7-16,26,31H,6H2,1-5H3/b27-25+. The van der Waals surface area contributed by atoms with Crippen LogP contribution in [0.3, 0.4) is 0 Å². The van der Waals surface area contributed by atoms with Gasteiger partial charge in [-0.05, 0) is 67.3 Å². The van der Waals surface area contributed by atoms with Gasteiger partial charge in [-0.2, -0.15) is 0 Å². The highest BCUT2D eigenvalue weighted by atomic mass is 16.5. The van der Waals surface area contributed by atoms with Gasteiger partial charge in [0.25, 0.3) is 11.7 Å². The summed E-state index contributed by atoms with van der Waals surface area (Å²) < 4.78 is 11.0. The zero-order chi connectivity index (χ0) is 25.3. The first-order valence-corrected chi connectivity index (χ1v) is 11.5. The number of ketones is 1. The molecule has 6 nitrogen and oxygen atoms in total. The van der Waals surface area contributed by atoms with Crippen molar-refractivity contribution in [1.82, 2.24) is 0 Å². The summed E-state index contributed by atoms with van der Waals surface area (Å²) in [4.78, 5) is 28.3. The molecule has 1 amide bonds. The Bertz CT molecular complexity index is 1320. The number of benzene rings is 3. The molecule has 0 aliphatic carbocycles. The number of aliphatic hydroxyl groups excluding tert-OH is 1. The van der Waals surface area contributed by atoms with Gasteiger partial charge in [-0.15, -0.1) is 0 Å². The van der Waals surface area contributed by atoms with Gasteiger partial charge < -0.3 is 14.6 Å². The molecular formula is C29H29NO5. The number of aryl methyl sites for hydroxylation is 3. The summed E-state index contributed by atoms with van der Waals surface area (Å²) in [6, 6.07) is 17.5. The molecule has 3 aromatic rings. The van der Waals surface area contributed by atoms with Crippen LogP contribution < -0.4 is 14.4 Å². The van der Waals surface area contributed by atoms with Gasteiger partial charge >= 0.3 is 0 Å². The van der Waals surface area contributed by atoms with E-state index in [1.165, 1.54) is 12.0 Å². The smallest absolute Gasteiger partial charge is 0.300 e. The molecule has 4 rings (SSSR count). The van der Waals surface area contributed by atoms with Crippen molar-refractivity contribution >= 4 is 23.1 Å². The minimum Gasteiger partial charge on any atom is -0.507 e. The third kappa shape index (κ3) is 4.16. The first-order chi connectivity index (χ1) is 16.8. The lowest BCUT2D eigenvalue weighted by molar-refractivity contribution is -0.132. The Balaban J connectivity index is 1.99. The maximum absolute atomic E-state index is 13.5. The second kappa shape index (κ2) is 9.66. The van der Waals surface area contributed by atoms with E-state index in [0.717, 1.165) is 23.1 Å². The fourth-order valence-corrected chi connectivity index (χ4v) is 4.59. The van der Waals surface area contributed by atoms with Crippen molar-refractivity contribution in [2.75, 3.05) is 19.1 Å². The fourth-order valence-electron chi connectivity index (χ4n) is 4.59. The van der Waals surface area contributed by atoms with E-state index in [9.17, 15) is 14.7 Å². The van der Waals surface area contributed by atoms with Crippen LogP contribution in [0.4, 0.5) is 5.69 Å². The molecule has 180 valence electrons. The minimum atomic E-state index is -0.861. The zero-order valence-corrected chi connectivity index (χ0v) is 20.6. The molecule has 35 heavy (non-hydrogen) atoms. The second-order valence-corrected chi connectivity index (χ2v) is 8.57. The average molecular weight is 472 g/mol. The molecule has 0 saturated carbocycles. The highest BCUT2D eigenvalue weighted by Gasteiger charge is 2.48. The normalized spacial score (nSPS) is 17.1. The first kappa shape index (κ1) is 24.1. The molecule has 3 aromatic carbocycles. The largest absolute Gasteiger partial charge is 0.507 e. The van der Waals surface area contributed by atoms with Gasteiger partial charge in [-0.25, -0.2) is 0 Å². The number of carbonyl (C=O) groups excluding carboxylic acids is 2. The van der Waals surface area contributed by atoms with E-state index in [-0.39, 0.29) is 11.3 Å². The lowest BCUT2D eigenvalue weighted by Gasteiger charge is -2.27. The van der Waals surface area contributed by atoms with Crippen molar-refractivity contribution < 1.29 is 24.2 Å². The lowest BCUT2D eigenvalue weighted by Crippen LogP contribution is -2.29. The maximum Gasteiger partial charge on any atom is 0.300 e. The number of nitrogens with zero attached hydrogens (tertiary/aromatic N) is 1. The Morgan fingerprint density at radius 2 is 1.57 bits per heavy atom. The second-order valence-electron chi connectivity index (χ2n) is 8.57. The Morgan fingerprint density at radius 1 is 0.914 bits per heavy atom. The van der Waals surface area contributed by atoms with Crippen LogP contribution in [-0.4, -0.2) is 31.0 Å². The van der Waals surface area contributed by atoms with E-state index in [0.29, 0.717) is 28.3 Å². The van der Waals surface area contributed by atoms with E-state index >= 15 is 0 Å². The third-order valence-corrected chi connectivity index (χ3v) is 6.50. The molecule has 1 aliphatic heterocycles. The first-order valence-electron chi connectivity index (χ1n) is 11.5. The van der Waals surface area contributed by atoms with Gasteiger partial charge in [-0.1, -0.05) is 37.3 Å². The molecule has 1 saturated heterocycles. The summed E-state index contributed by atoms with van der Waals surface area (Å²) in [5.74, 6) is -0.476. The van der Waals surface area contributed by atoms with Crippen molar-refractivity contribution in [3.63, 3.8) is 0 Å². The van der Waals surface area contributed by atoms with E-state index < -0.39 is 17.7 Å². The number of anilines is 1. The predicted octanol–water partition coefficient (Wildman–Crippen LogP) is 5.51. The molecule has 0 bridgehead atoms. The van der Waals surface area contributed by atoms with Crippen LogP contribution in [0, 0.1) is 13.8 Å². The van der Waals surface area contributed by atoms with Gasteiger partial charge in [0.1, 0.15) is 17.3 Å². The Kier molecular flexibility index (Phi) is 6.65.